The van der Waals surface area contributed by atoms with Crippen molar-refractivity contribution in [1.82, 2.24) is 0 Å². The minimum absolute atomic E-state index is 0.277. The van der Waals surface area contributed by atoms with Crippen molar-refractivity contribution in [3.63, 3.8) is 0 Å². The van der Waals surface area contributed by atoms with Gasteiger partial charge in [0.05, 0.1) is 16.7 Å². The molecule has 4 atom stereocenters. The van der Waals surface area contributed by atoms with Crippen molar-refractivity contribution in [2.75, 3.05) is 13.2 Å². The molecule has 1 aliphatic rings. The molecular formula is C27H24O8. The molecule has 3 aromatic rings. The van der Waals surface area contributed by atoms with Crippen LogP contribution in [-0.4, -0.2) is 60.6 Å². The van der Waals surface area contributed by atoms with Crippen LogP contribution in [0.3, 0.4) is 0 Å². The van der Waals surface area contributed by atoms with E-state index >= 15 is 0 Å². The van der Waals surface area contributed by atoms with Crippen LogP contribution in [0.15, 0.2) is 91.0 Å². The van der Waals surface area contributed by atoms with Crippen molar-refractivity contribution in [2.24, 2.45) is 0 Å². The summed E-state index contributed by atoms with van der Waals surface area (Å²) in [5.74, 6) is -1.84. The molecule has 0 unspecified atom stereocenters. The Labute approximate surface area is 202 Å². The highest BCUT2D eigenvalue weighted by atomic mass is 16.6. The number of rotatable bonds is 8. The molecular weight excluding hydrogens is 452 g/mol. The van der Waals surface area contributed by atoms with E-state index in [1.165, 1.54) is 0 Å². The molecule has 1 N–H and O–H groups in total. The Morgan fingerprint density at radius 1 is 0.629 bits per heavy atom. The molecule has 0 saturated carbocycles. The van der Waals surface area contributed by atoms with Crippen LogP contribution in [0.4, 0.5) is 0 Å². The first-order valence-electron chi connectivity index (χ1n) is 11.1. The molecule has 1 heterocycles. The van der Waals surface area contributed by atoms with Crippen molar-refractivity contribution in [2.45, 2.75) is 24.4 Å². The van der Waals surface area contributed by atoms with Crippen molar-refractivity contribution in [1.29, 1.82) is 0 Å². The zero-order valence-electron chi connectivity index (χ0n) is 18.7. The van der Waals surface area contributed by atoms with E-state index in [1.54, 1.807) is 91.0 Å². The van der Waals surface area contributed by atoms with Gasteiger partial charge >= 0.3 is 17.9 Å². The van der Waals surface area contributed by atoms with Crippen LogP contribution in [-0.2, 0) is 18.9 Å². The van der Waals surface area contributed by atoms with Crippen LogP contribution in [0, 0.1) is 0 Å². The van der Waals surface area contributed by atoms with Crippen molar-refractivity contribution >= 4 is 17.9 Å². The van der Waals surface area contributed by atoms with Gasteiger partial charge in [0.1, 0.15) is 31.5 Å². The van der Waals surface area contributed by atoms with Gasteiger partial charge < -0.3 is 24.1 Å². The van der Waals surface area contributed by atoms with E-state index in [0.717, 1.165) is 0 Å². The topological polar surface area (TPSA) is 108 Å². The summed E-state index contributed by atoms with van der Waals surface area (Å²) in [5.41, 5.74) is 0.983. The van der Waals surface area contributed by atoms with E-state index in [9.17, 15) is 19.5 Å². The van der Waals surface area contributed by atoms with E-state index in [1.807, 2.05) is 0 Å². The molecule has 0 aliphatic carbocycles. The first kappa shape index (κ1) is 24.1. The van der Waals surface area contributed by atoms with Gasteiger partial charge in [-0.15, -0.1) is 0 Å². The van der Waals surface area contributed by atoms with Gasteiger partial charge in [-0.2, -0.15) is 0 Å². The second kappa shape index (κ2) is 11.4. The summed E-state index contributed by atoms with van der Waals surface area (Å²) in [4.78, 5) is 37.3. The molecule has 0 aromatic heterocycles. The van der Waals surface area contributed by atoms with Crippen molar-refractivity contribution in [3.8, 4) is 0 Å². The van der Waals surface area contributed by atoms with Gasteiger partial charge in [0.2, 0.25) is 0 Å². The molecule has 35 heavy (non-hydrogen) atoms. The van der Waals surface area contributed by atoms with Gasteiger partial charge in [-0.05, 0) is 36.4 Å². The average molecular weight is 476 g/mol. The predicted octanol–water partition coefficient (Wildman–Crippen LogP) is 3.05. The maximum atomic E-state index is 12.6. The highest BCUT2D eigenvalue weighted by Crippen LogP contribution is 2.26. The smallest absolute Gasteiger partial charge is 0.338 e. The lowest BCUT2D eigenvalue weighted by Crippen LogP contribution is -2.40. The Morgan fingerprint density at radius 3 is 1.49 bits per heavy atom. The Hall–Kier alpha value is -4.01. The highest BCUT2D eigenvalue weighted by molar-refractivity contribution is 5.90. The summed E-state index contributed by atoms with van der Waals surface area (Å²) in [7, 11) is 0. The van der Waals surface area contributed by atoms with Gasteiger partial charge in [0.15, 0.2) is 6.10 Å². The third-order valence-corrected chi connectivity index (χ3v) is 5.46. The number of esters is 3. The number of hydrogen-bond acceptors (Lipinski definition) is 8. The van der Waals surface area contributed by atoms with Crippen LogP contribution >= 0.6 is 0 Å². The molecule has 0 spiro atoms. The lowest BCUT2D eigenvalue weighted by atomic mass is 10.1. The Bertz CT molecular complexity index is 1130. The molecule has 1 saturated heterocycles. The first-order chi connectivity index (χ1) is 17.0. The van der Waals surface area contributed by atoms with E-state index in [4.69, 9.17) is 18.9 Å². The Balaban J connectivity index is 1.43. The standard InChI is InChI=1S/C27H24O8/c28-23-21(16-32-25(29)18-10-4-1-5-11-18)34-22(17-33-26(30)19-12-6-2-7-13-19)24(23)35-27(31)20-14-8-3-9-15-20/h1-15,21-24,28H,16-17H2/t21-,22-,23-,24-/m1/s1. The zero-order chi connectivity index (χ0) is 24.6. The molecule has 0 amide bonds. The summed E-state index contributed by atoms with van der Waals surface area (Å²) in [5, 5.41) is 10.8. The van der Waals surface area contributed by atoms with Crippen molar-refractivity contribution < 1.29 is 38.4 Å². The number of aliphatic hydroxyl groups is 1. The summed E-state index contributed by atoms with van der Waals surface area (Å²) >= 11 is 0. The predicted molar refractivity (Wildman–Crippen MR) is 124 cm³/mol. The van der Waals surface area contributed by atoms with E-state index in [-0.39, 0.29) is 13.2 Å². The number of hydrogen-bond donors (Lipinski definition) is 1. The summed E-state index contributed by atoms with van der Waals surface area (Å²) in [6, 6.07) is 25.0. The van der Waals surface area contributed by atoms with E-state index in [2.05, 4.69) is 0 Å². The second-order valence-electron chi connectivity index (χ2n) is 7.87. The molecule has 0 radical (unpaired) electrons. The summed E-state index contributed by atoms with van der Waals surface area (Å²) in [6.07, 6.45) is -4.42. The first-order valence-corrected chi connectivity index (χ1v) is 11.1. The molecule has 0 bridgehead atoms. The maximum absolute atomic E-state index is 12.6. The molecule has 4 rings (SSSR count). The Kier molecular flexibility index (Phi) is 7.87. The van der Waals surface area contributed by atoms with Gasteiger partial charge in [-0.25, -0.2) is 14.4 Å². The quantitative estimate of drug-likeness (QED) is 0.390. The number of carbonyl (C=O) groups is 3. The largest absolute Gasteiger partial charge is 0.459 e. The number of aliphatic hydroxyl groups excluding tert-OH is 1. The molecule has 8 nitrogen and oxygen atoms in total. The van der Waals surface area contributed by atoms with Crippen LogP contribution in [0.2, 0.25) is 0 Å². The van der Waals surface area contributed by atoms with Crippen LogP contribution in [0.5, 0.6) is 0 Å². The molecule has 180 valence electrons. The van der Waals surface area contributed by atoms with E-state index in [0.29, 0.717) is 16.7 Å². The molecule has 8 heteroatoms. The van der Waals surface area contributed by atoms with Crippen molar-refractivity contribution in [3.05, 3.63) is 108 Å². The van der Waals surface area contributed by atoms with Gasteiger partial charge in [-0.3, -0.25) is 0 Å². The zero-order valence-corrected chi connectivity index (χ0v) is 18.7. The van der Waals surface area contributed by atoms with Gasteiger partial charge in [0, 0.05) is 0 Å². The number of ether oxygens (including phenoxy) is 4. The van der Waals surface area contributed by atoms with Crippen LogP contribution in [0.1, 0.15) is 31.1 Å². The summed E-state index contributed by atoms with van der Waals surface area (Å²) < 4.78 is 22.0. The normalized spacial score (nSPS) is 21.2. The van der Waals surface area contributed by atoms with Gasteiger partial charge in [0.25, 0.3) is 0 Å². The average Bonchev–Trinajstić information content (AvgIpc) is 3.21. The number of carbonyl (C=O) groups excluding carboxylic acids is 3. The third-order valence-electron chi connectivity index (χ3n) is 5.46. The minimum Gasteiger partial charge on any atom is -0.459 e. The Morgan fingerprint density at radius 2 is 1.03 bits per heavy atom. The fourth-order valence-electron chi connectivity index (χ4n) is 3.63. The van der Waals surface area contributed by atoms with Gasteiger partial charge in [-0.1, -0.05) is 54.6 Å². The fourth-order valence-corrected chi connectivity index (χ4v) is 3.63. The highest BCUT2D eigenvalue weighted by Gasteiger charge is 2.47. The lowest BCUT2D eigenvalue weighted by molar-refractivity contribution is -0.0539. The third kappa shape index (κ3) is 6.11. The summed E-state index contributed by atoms with van der Waals surface area (Å²) in [6.45, 7) is -0.557. The SMILES string of the molecule is O=C(OC[C@H]1O[C@H](COC(=O)c2ccccc2)[C@@H](OC(=O)c2ccccc2)[C@@H]1O)c1ccccc1. The second-order valence-corrected chi connectivity index (χ2v) is 7.87. The number of benzene rings is 3. The molecule has 1 fully saturated rings. The van der Waals surface area contributed by atoms with Crippen LogP contribution < -0.4 is 0 Å². The van der Waals surface area contributed by atoms with Crippen LogP contribution in [0.25, 0.3) is 0 Å². The molecule has 1 aliphatic heterocycles. The van der Waals surface area contributed by atoms with E-state index < -0.39 is 42.3 Å². The lowest BCUT2D eigenvalue weighted by Gasteiger charge is -2.21. The molecule has 3 aromatic carbocycles. The fraction of sp³-hybridized carbons (Fsp3) is 0.222. The maximum Gasteiger partial charge on any atom is 0.338 e. The monoisotopic (exact) mass is 476 g/mol. The minimum atomic E-state index is -1.31.